The Morgan fingerprint density at radius 2 is 1.93 bits per heavy atom. The van der Waals surface area contributed by atoms with Gasteiger partial charge in [-0.2, -0.15) is 0 Å². The minimum Gasteiger partial charge on any atom is -0.349 e. The second-order valence-corrected chi connectivity index (χ2v) is 8.09. The molecule has 0 radical (unpaired) electrons. The molecule has 1 aliphatic rings. The lowest BCUT2D eigenvalue weighted by Crippen LogP contribution is -2.28. The number of aromatic nitrogens is 3. The number of fused-ring (bicyclic) bond motifs is 1. The van der Waals surface area contributed by atoms with Crippen molar-refractivity contribution in [3.8, 4) is 11.4 Å². The molecule has 0 spiro atoms. The molecule has 0 fully saturated rings. The summed E-state index contributed by atoms with van der Waals surface area (Å²) in [5, 5.41) is 10.8. The van der Waals surface area contributed by atoms with Gasteiger partial charge in [0.05, 0.1) is 11.8 Å². The van der Waals surface area contributed by atoms with Crippen molar-refractivity contribution in [3.05, 3.63) is 65.2 Å². The quantitative estimate of drug-likeness (QED) is 0.613. The molecule has 144 valence electrons. The van der Waals surface area contributed by atoms with Crippen LogP contribution in [0, 0.1) is 0 Å². The van der Waals surface area contributed by atoms with Crippen molar-refractivity contribution < 1.29 is 4.79 Å². The van der Waals surface area contributed by atoms with E-state index in [1.807, 2.05) is 37.3 Å². The summed E-state index contributed by atoms with van der Waals surface area (Å²) in [4.78, 5) is 16.8. The van der Waals surface area contributed by atoms with Crippen molar-refractivity contribution in [3.63, 3.8) is 0 Å². The van der Waals surface area contributed by atoms with E-state index in [0.717, 1.165) is 12.0 Å². The fraction of sp³-hybridized carbons (Fsp3) is 0.318. The average molecular weight is 393 g/mol. The van der Waals surface area contributed by atoms with E-state index in [-0.39, 0.29) is 11.9 Å². The van der Waals surface area contributed by atoms with Crippen molar-refractivity contribution in [1.82, 2.24) is 20.5 Å². The molecule has 0 saturated carbocycles. The molecule has 1 amide bonds. The molecule has 1 aromatic heterocycles. The molecule has 0 saturated heterocycles. The summed E-state index contributed by atoms with van der Waals surface area (Å²) in [6.07, 6.45) is 4.86. The van der Waals surface area contributed by atoms with E-state index in [2.05, 4.69) is 38.7 Å². The number of rotatable bonds is 6. The van der Waals surface area contributed by atoms with Gasteiger partial charge in [0, 0.05) is 5.56 Å². The number of thioether (sulfide) groups is 1. The van der Waals surface area contributed by atoms with E-state index >= 15 is 0 Å². The molecule has 1 atom stereocenters. The smallest absolute Gasteiger partial charge is 0.230 e. The number of H-pyrrole nitrogens is 1. The van der Waals surface area contributed by atoms with Gasteiger partial charge in [-0.15, -0.1) is 5.10 Å². The predicted molar refractivity (Wildman–Crippen MR) is 112 cm³/mol. The first kappa shape index (κ1) is 18.7. The Hall–Kier alpha value is -2.60. The van der Waals surface area contributed by atoms with E-state index in [1.165, 1.54) is 47.7 Å². The highest BCUT2D eigenvalue weighted by atomic mass is 32.2. The van der Waals surface area contributed by atoms with Crippen LogP contribution in [0.5, 0.6) is 0 Å². The van der Waals surface area contributed by atoms with Crippen molar-refractivity contribution in [2.45, 2.75) is 43.8 Å². The number of benzene rings is 2. The van der Waals surface area contributed by atoms with Gasteiger partial charge in [-0.05, 0) is 49.3 Å². The van der Waals surface area contributed by atoms with Crippen LogP contribution in [0.2, 0.25) is 0 Å². The zero-order valence-corrected chi connectivity index (χ0v) is 16.8. The Balaban J connectivity index is 1.31. The zero-order valence-electron chi connectivity index (χ0n) is 15.9. The lowest BCUT2D eigenvalue weighted by Gasteiger charge is -2.20. The number of amides is 1. The van der Waals surface area contributed by atoms with Crippen molar-refractivity contribution in [2.24, 2.45) is 0 Å². The van der Waals surface area contributed by atoms with Gasteiger partial charge < -0.3 is 5.32 Å². The predicted octanol–water partition coefficient (Wildman–Crippen LogP) is 4.32. The van der Waals surface area contributed by atoms with Gasteiger partial charge in [0.2, 0.25) is 11.1 Å². The number of carbonyl (C=O) groups is 1. The van der Waals surface area contributed by atoms with Crippen LogP contribution in [0.15, 0.2) is 53.7 Å². The highest BCUT2D eigenvalue weighted by molar-refractivity contribution is 7.99. The highest BCUT2D eigenvalue weighted by Crippen LogP contribution is 2.25. The maximum Gasteiger partial charge on any atom is 0.230 e. The lowest BCUT2D eigenvalue weighted by atomic mass is 9.89. The van der Waals surface area contributed by atoms with Crippen LogP contribution in [0.25, 0.3) is 11.4 Å². The third kappa shape index (κ3) is 4.44. The molecule has 6 heteroatoms. The zero-order chi connectivity index (χ0) is 19.3. The molecule has 1 aliphatic carbocycles. The summed E-state index contributed by atoms with van der Waals surface area (Å²) in [6, 6.07) is 16.4. The van der Waals surface area contributed by atoms with Crippen LogP contribution in [0.3, 0.4) is 0 Å². The van der Waals surface area contributed by atoms with Crippen LogP contribution < -0.4 is 5.32 Å². The first-order valence-corrected chi connectivity index (χ1v) is 10.7. The van der Waals surface area contributed by atoms with E-state index in [0.29, 0.717) is 16.7 Å². The molecular weight excluding hydrogens is 368 g/mol. The van der Waals surface area contributed by atoms with Crippen LogP contribution in [-0.4, -0.2) is 26.8 Å². The molecule has 0 bridgehead atoms. The number of hydrogen-bond donors (Lipinski definition) is 2. The van der Waals surface area contributed by atoms with E-state index in [4.69, 9.17) is 0 Å². The monoisotopic (exact) mass is 392 g/mol. The average Bonchev–Trinajstić information content (AvgIpc) is 3.22. The summed E-state index contributed by atoms with van der Waals surface area (Å²) in [6.45, 7) is 2.04. The van der Waals surface area contributed by atoms with E-state index in [9.17, 15) is 4.79 Å². The number of nitrogens with one attached hydrogen (secondary N) is 2. The second kappa shape index (κ2) is 8.61. The number of aromatic amines is 1. The highest BCUT2D eigenvalue weighted by Gasteiger charge is 2.15. The minimum atomic E-state index is -0.0127. The van der Waals surface area contributed by atoms with Crippen LogP contribution >= 0.6 is 11.8 Å². The van der Waals surface area contributed by atoms with Crippen LogP contribution in [-0.2, 0) is 17.6 Å². The molecule has 2 aromatic carbocycles. The summed E-state index contributed by atoms with van der Waals surface area (Å²) in [7, 11) is 0. The maximum absolute atomic E-state index is 12.4. The number of hydrogen-bond acceptors (Lipinski definition) is 4. The maximum atomic E-state index is 12.4. The second-order valence-electron chi connectivity index (χ2n) is 7.15. The SMILES string of the molecule is C[C@H](NC(=O)CSc1n[nH]c(-c2ccccc2)n1)c1ccc2c(c1)CCCC2. The molecule has 3 aromatic rings. The fourth-order valence-electron chi connectivity index (χ4n) is 3.56. The summed E-state index contributed by atoms with van der Waals surface area (Å²) in [5.74, 6) is 0.994. The Morgan fingerprint density at radius 1 is 1.14 bits per heavy atom. The van der Waals surface area contributed by atoms with Crippen LogP contribution in [0.4, 0.5) is 0 Å². The third-order valence-electron chi connectivity index (χ3n) is 5.09. The lowest BCUT2D eigenvalue weighted by molar-refractivity contribution is -0.119. The number of carbonyl (C=O) groups excluding carboxylic acids is 1. The minimum absolute atomic E-state index is 0.00708. The van der Waals surface area contributed by atoms with Gasteiger partial charge in [0.1, 0.15) is 0 Å². The third-order valence-corrected chi connectivity index (χ3v) is 5.94. The van der Waals surface area contributed by atoms with Gasteiger partial charge in [-0.25, -0.2) is 4.98 Å². The molecule has 5 nitrogen and oxygen atoms in total. The summed E-state index contributed by atoms with van der Waals surface area (Å²) >= 11 is 1.34. The molecule has 2 N–H and O–H groups in total. The van der Waals surface area contributed by atoms with Gasteiger partial charge in [0.25, 0.3) is 0 Å². The Kier molecular flexibility index (Phi) is 5.76. The van der Waals surface area contributed by atoms with Crippen molar-refractivity contribution in [1.29, 1.82) is 0 Å². The van der Waals surface area contributed by atoms with E-state index in [1.54, 1.807) is 0 Å². The van der Waals surface area contributed by atoms with Crippen molar-refractivity contribution in [2.75, 3.05) is 5.75 Å². The molecule has 0 unspecified atom stereocenters. The normalized spacial score (nSPS) is 14.3. The molecular formula is C22H24N4OS. The fourth-order valence-corrected chi connectivity index (χ4v) is 4.16. The molecule has 28 heavy (non-hydrogen) atoms. The molecule has 1 heterocycles. The largest absolute Gasteiger partial charge is 0.349 e. The summed E-state index contributed by atoms with van der Waals surface area (Å²) in [5.41, 5.74) is 5.05. The Morgan fingerprint density at radius 3 is 2.75 bits per heavy atom. The van der Waals surface area contributed by atoms with E-state index < -0.39 is 0 Å². The standard InChI is InChI=1S/C22H24N4OS/c1-15(18-12-11-16-7-5-6-10-19(16)13-18)23-20(27)14-28-22-24-21(25-26-22)17-8-3-2-4-9-17/h2-4,8-9,11-13,15H,5-7,10,14H2,1H3,(H,23,27)(H,24,25,26)/t15-/m0/s1. The van der Waals surface area contributed by atoms with Gasteiger partial charge in [-0.3, -0.25) is 9.89 Å². The topological polar surface area (TPSA) is 70.7 Å². The molecule has 0 aliphatic heterocycles. The van der Waals surface area contributed by atoms with Gasteiger partial charge >= 0.3 is 0 Å². The van der Waals surface area contributed by atoms with Gasteiger partial charge in [-0.1, -0.05) is 60.3 Å². The van der Waals surface area contributed by atoms with Crippen molar-refractivity contribution >= 4 is 17.7 Å². The first-order valence-electron chi connectivity index (χ1n) is 9.71. The molecule has 4 rings (SSSR count). The Bertz CT molecular complexity index is 954. The number of aryl methyl sites for hydroxylation is 2. The first-order chi connectivity index (χ1) is 13.7. The van der Waals surface area contributed by atoms with Crippen LogP contribution in [0.1, 0.15) is 42.5 Å². The Labute approximate surface area is 169 Å². The summed E-state index contributed by atoms with van der Waals surface area (Å²) < 4.78 is 0. The number of nitrogens with zero attached hydrogens (tertiary/aromatic N) is 2. The van der Waals surface area contributed by atoms with Gasteiger partial charge in [0.15, 0.2) is 5.82 Å².